The van der Waals surface area contributed by atoms with Crippen LogP contribution >= 0.6 is 0 Å². The lowest BCUT2D eigenvalue weighted by Gasteiger charge is -1.88. The van der Waals surface area contributed by atoms with Gasteiger partial charge in [0.1, 0.15) is 18.1 Å². The Balaban J connectivity index is 3.17. The van der Waals surface area contributed by atoms with Crippen LogP contribution in [0.5, 0.6) is 0 Å². The van der Waals surface area contributed by atoms with Gasteiger partial charge in [0, 0.05) is 0 Å². The zero-order valence-corrected chi connectivity index (χ0v) is 6.56. The second-order valence-electron chi connectivity index (χ2n) is 2.49. The molecule has 0 saturated heterocycles. The summed E-state index contributed by atoms with van der Waals surface area (Å²) < 4.78 is 5.24. The van der Waals surface area contributed by atoms with Gasteiger partial charge in [-0.25, -0.2) is 0 Å². The number of hydrogen-bond acceptors (Lipinski definition) is 2. The highest BCUT2D eigenvalue weighted by Gasteiger charge is 2.07. The van der Waals surface area contributed by atoms with Crippen molar-refractivity contribution in [1.29, 1.82) is 0 Å². The summed E-state index contributed by atoms with van der Waals surface area (Å²) in [6, 6.07) is 0. The first-order valence-electron chi connectivity index (χ1n) is 3.33. The summed E-state index contributed by atoms with van der Waals surface area (Å²) in [6.45, 7) is 5.85. The summed E-state index contributed by atoms with van der Waals surface area (Å²) in [6.07, 6.45) is 0. The van der Waals surface area contributed by atoms with Gasteiger partial charge in [0.2, 0.25) is 0 Å². The summed E-state index contributed by atoms with van der Waals surface area (Å²) in [5.74, 6) is 1.59. The molecule has 56 valence electrons. The molecule has 2 nitrogen and oxygen atoms in total. The van der Waals surface area contributed by atoms with Gasteiger partial charge in [-0.05, 0) is 31.9 Å². The molecule has 0 aliphatic carbocycles. The van der Waals surface area contributed by atoms with E-state index in [0.717, 1.165) is 16.9 Å². The Morgan fingerprint density at radius 3 is 2.00 bits per heavy atom. The topological polar surface area (TPSA) is 33.4 Å². The van der Waals surface area contributed by atoms with E-state index in [1.54, 1.807) is 0 Å². The van der Waals surface area contributed by atoms with Gasteiger partial charge >= 0.3 is 0 Å². The fraction of sp³-hybridized carbons (Fsp3) is 0.500. The fourth-order valence-corrected chi connectivity index (χ4v) is 0.962. The number of aryl methyl sites for hydroxylation is 1. The summed E-state index contributed by atoms with van der Waals surface area (Å²) >= 11 is 0. The molecule has 0 aliphatic rings. The van der Waals surface area contributed by atoms with E-state index in [4.69, 9.17) is 9.52 Å². The third-order valence-electron chi connectivity index (χ3n) is 1.93. The van der Waals surface area contributed by atoms with E-state index >= 15 is 0 Å². The molecule has 0 aromatic carbocycles. The molecule has 1 N–H and O–H groups in total. The van der Waals surface area contributed by atoms with Crippen molar-refractivity contribution in [3.05, 3.63) is 22.6 Å². The van der Waals surface area contributed by atoms with Crippen molar-refractivity contribution in [2.75, 3.05) is 0 Å². The lowest BCUT2D eigenvalue weighted by Crippen LogP contribution is -1.81. The van der Waals surface area contributed by atoms with Gasteiger partial charge < -0.3 is 9.52 Å². The molecule has 0 bridgehead atoms. The van der Waals surface area contributed by atoms with Crippen LogP contribution in [0.1, 0.15) is 22.6 Å². The van der Waals surface area contributed by atoms with E-state index in [2.05, 4.69) is 0 Å². The predicted octanol–water partition coefficient (Wildman–Crippen LogP) is 1.70. The third-order valence-corrected chi connectivity index (χ3v) is 1.93. The molecule has 10 heavy (non-hydrogen) atoms. The molecule has 0 radical (unpaired) electrons. The Morgan fingerprint density at radius 2 is 1.80 bits per heavy atom. The number of rotatable bonds is 1. The van der Waals surface area contributed by atoms with Crippen LogP contribution in [-0.4, -0.2) is 5.11 Å². The molecule has 0 saturated carbocycles. The molecule has 0 aliphatic heterocycles. The van der Waals surface area contributed by atoms with Crippen molar-refractivity contribution in [3.8, 4) is 0 Å². The summed E-state index contributed by atoms with van der Waals surface area (Å²) in [4.78, 5) is 0. The molecular weight excluding hydrogens is 128 g/mol. The smallest absolute Gasteiger partial charge is 0.132 e. The van der Waals surface area contributed by atoms with Gasteiger partial charge in [-0.3, -0.25) is 0 Å². The minimum absolute atomic E-state index is 0.000509. The Morgan fingerprint density at radius 1 is 1.20 bits per heavy atom. The molecule has 1 aromatic heterocycles. The second-order valence-corrected chi connectivity index (χ2v) is 2.49. The molecule has 0 fully saturated rings. The lowest BCUT2D eigenvalue weighted by atomic mass is 10.1. The standard InChI is InChI=1S/C8H12O2/c1-5-6(2)8(4-9)10-7(5)3/h9H,4H2,1-3H3. The highest BCUT2D eigenvalue weighted by molar-refractivity contribution is 5.29. The van der Waals surface area contributed by atoms with Crippen LogP contribution in [0.2, 0.25) is 0 Å². The first-order chi connectivity index (χ1) is 4.66. The van der Waals surface area contributed by atoms with E-state index in [1.807, 2.05) is 20.8 Å². The average molecular weight is 140 g/mol. The first-order valence-corrected chi connectivity index (χ1v) is 3.33. The van der Waals surface area contributed by atoms with Crippen LogP contribution in [-0.2, 0) is 6.61 Å². The first kappa shape index (κ1) is 7.35. The van der Waals surface area contributed by atoms with Crippen molar-refractivity contribution in [3.63, 3.8) is 0 Å². The minimum atomic E-state index is 0.000509. The highest BCUT2D eigenvalue weighted by atomic mass is 16.4. The number of hydrogen-bond donors (Lipinski definition) is 1. The number of aliphatic hydroxyl groups excluding tert-OH is 1. The monoisotopic (exact) mass is 140 g/mol. The van der Waals surface area contributed by atoms with Gasteiger partial charge in [-0.2, -0.15) is 0 Å². The average Bonchev–Trinajstić information content (AvgIpc) is 2.17. The number of aliphatic hydroxyl groups is 1. The molecular formula is C8H12O2. The minimum Gasteiger partial charge on any atom is -0.463 e. The molecule has 0 spiro atoms. The fourth-order valence-electron chi connectivity index (χ4n) is 0.962. The Bertz CT molecular complexity index is 236. The maximum atomic E-state index is 8.76. The zero-order valence-electron chi connectivity index (χ0n) is 6.56. The van der Waals surface area contributed by atoms with Gasteiger partial charge in [-0.1, -0.05) is 0 Å². The van der Waals surface area contributed by atoms with E-state index < -0.39 is 0 Å². The second kappa shape index (κ2) is 2.46. The van der Waals surface area contributed by atoms with Gasteiger partial charge in [-0.15, -0.1) is 0 Å². The highest BCUT2D eigenvalue weighted by Crippen LogP contribution is 2.19. The van der Waals surface area contributed by atoms with Crippen molar-refractivity contribution < 1.29 is 9.52 Å². The van der Waals surface area contributed by atoms with E-state index in [-0.39, 0.29) is 6.61 Å². The zero-order chi connectivity index (χ0) is 7.72. The van der Waals surface area contributed by atoms with Crippen LogP contribution in [0.15, 0.2) is 4.42 Å². The number of furan rings is 1. The van der Waals surface area contributed by atoms with Crippen LogP contribution in [0.25, 0.3) is 0 Å². The summed E-state index contributed by atoms with van der Waals surface area (Å²) in [5.41, 5.74) is 2.21. The van der Waals surface area contributed by atoms with Gasteiger partial charge in [0.15, 0.2) is 0 Å². The summed E-state index contributed by atoms with van der Waals surface area (Å²) in [5, 5.41) is 8.76. The maximum Gasteiger partial charge on any atom is 0.132 e. The van der Waals surface area contributed by atoms with Crippen LogP contribution in [0, 0.1) is 20.8 Å². The molecule has 0 amide bonds. The molecule has 1 heterocycles. The summed E-state index contributed by atoms with van der Waals surface area (Å²) in [7, 11) is 0. The normalized spacial score (nSPS) is 10.4. The SMILES string of the molecule is Cc1oc(CO)c(C)c1C. The van der Waals surface area contributed by atoms with Crippen LogP contribution in [0.4, 0.5) is 0 Å². The van der Waals surface area contributed by atoms with Gasteiger partial charge in [0.25, 0.3) is 0 Å². The van der Waals surface area contributed by atoms with Crippen LogP contribution < -0.4 is 0 Å². The molecule has 0 atom stereocenters. The molecule has 1 rings (SSSR count). The third kappa shape index (κ3) is 0.948. The van der Waals surface area contributed by atoms with E-state index in [0.29, 0.717) is 5.76 Å². The largest absolute Gasteiger partial charge is 0.463 e. The van der Waals surface area contributed by atoms with Crippen molar-refractivity contribution in [1.82, 2.24) is 0 Å². The van der Waals surface area contributed by atoms with Gasteiger partial charge in [0.05, 0.1) is 0 Å². The lowest BCUT2D eigenvalue weighted by molar-refractivity contribution is 0.243. The van der Waals surface area contributed by atoms with Crippen molar-refractivity contribution in [2.24, 2.45) is 0 Å². The van der Waals surface area contributed by atoms with Crippen molar-refractivity contribution in [2.45, 2.75) is 27.4 Å². The molecule has 2 heteroatoms. The molecule has 1 aromatic rings. The predicted molar refractivity (Wildman–Crippen MR) is 38.8 cm³/mol. The quantitative estimate of drug-likeness (QED) is 0.644. The van der Waals surface area contributed by atoms with E-state index in [1.165, 1.54) is 0 Å². The van der Waals surface area contributed by atoms with Crippen molar-refractivity contribution >= 4 is 0 Å². The molecule has 0 unspecified atom stereocenters. The Hall–Kier alpha value is -0.760. The van der Waals surface area contributed by atoms with Crippen LogP contribution in [0.3, 0.4) is 0 Å². The Labute approximate surface area is 60.5 Å². The Kier molecular flexibility index (Phi) is 1.81. The maximum absolute atomic E-state index is 8.76. The van der Waals surface area contributed by atoms with E-state index in [9.17, 15) is 0 Å².